The van der Waals surface area contributed by atoms with Crippen LogP contribution in [0.25, 0.3) is 0 Å². The Morgan fingerprint density at radius 1 is 1.26 bits per heavy atom. The van der Waals surface area contributed by atoms with Gasteiger partial charge in [-0.15, -0.1) is 0 Å². The number of hydrogen-bond acceptors (Lipinski definition) is 1. The topological polar surface area (TPSA) is 29.1 Å². The minimum Gasteiger partial charge on any atom is -0.323 e. The summed E-state index contributed by atoms with van der Waals surface area (Å²) in [6.45, 7) is 3.47. The van der Waals surface area contributed by atoms with Crippen molar-refractivity contribution in [3.05, 3.63) is 27.8 Å². The maximum absolute atomic E-state index is 14.3. The number of benzene rings is 1. The fraction of sp³-hybridized carbons (Fsp3) is 0.533. The van der Waals surface area contributed by atoms with Gasteiger partial charge in [0.25, 0.3) is 5.91 Å². The van der Waals surface area contributed by atoms with Gasteiger partial charge in [-0.05, 0) is 66.6 Å². The molecular formula is C15H21FINO. The lowest BCUT2D eigenvalue weighted by molar-refractivity contribution is -0.126. The van der Waals surface area contributed by atoms with Crippen LogP contribution in [-0.2, 0) is 4.79 Å². The lowest BCUT2D eigenvalue weighted by Gasteiger charge is -2.19. The molecule has 1 unspecified atom stereocenters. The number of nitrogens with one attached hydrogen (secondary N) is 1. The molecule has 0 bridgehead atoms. The number of rotatable bonds is 7. The van der Waals surface area contributed by atoms with Gasteiger partial charge < -0.3 is 5.32 Å². The number of anilines is 1. The highest BCUT2D eigenvalue weighted by atomic mass is 127. The summed E-state index contributed by atoms with van der Waals surface area (Å²) in [7, 11) is 0. The molecule has 0 saturated heterocycles. The summed E-state index contributed by atoms with van der Waals surface area (Å²) in [4.78, 5) is 11.9. The average molecular weight is 377 g/mol. The van der Waals surface area contributed by atoms with Crippen LogP contribution in [0.2, 0.25) is 0 Å². The molecule has 1 aromatic rings. The second-order valence-electron chi connectivity index (χ2n) is 4.97. The van der Waals surface area contributed by atoms with Crippen LogP contribution >= 0.6 is 22.6 Å². The quantitative estimate of drug-likeness (QED) is 0.530. The number of unbranched alkanes of at least 4 members (excludes halogenated alkanes) is 3. The van der Waals surface area contributed by atoms with E-state index in [-0.39, 0.29) is 6.42 Å². The Kier molecular flexibility index (Phi) is 6.75. The molecule has 0 fully saturated rings. The molecule has 0 aliphatic carbocycles. The number of hydrogen-bond donors (Lipinski definition) is 1. The molecule has 0 aromatic heterocycles. The van der Waals surface area contributed by atoms with Crippen molar-refractivity contribution in [1.82, 2.24) is 0 Å². The van der Waals surface area contributed by atoms with E-state index in [4.69, 9.17) is 0 Å². The van der Waals surface area contributed by atoms with Gasteiger partial charge in [0.15, 0.2) is 5.67 Å². The van der Waals surface area contributed by atoms with Gasteiger partial charge in [0.2, 0.25) is 0 Å². The van der Waals surface area contributed by atoms with Gasteiger partial charge in [0.1, 0.15) is 0 Å². The monoisotopic (exact) mass is 377 g/mol. The number of halogens is 2. The van der Waals surface area contributed by atoms with E-state index < -0.39 is 11.6 Å². The van der Waals surface area contributed by atoms with E-state index in [9.17, 15) is 9.18 Å². The third-order valence-corrected chi connectivity index (χ3v) is 3.79. The van der Waals surface area contributed by atoms with Gasteiger partial charge in [-0.25, -0.2) is 4.39 Å². The summed E-state index contributed by atoms with van der Waals surface area (Å²) in [6.07, 6.45) is 4.21. The molecule has 0 aliphatic heterocycles. The molecule has 0 aliphatic rings. The maximum Gasteiger partial charge on any atom is 0.261 e. The van der Waals surface area contributed by atoms with Crippen molar-refractivity contribution in [2.75, 3.05) is 5.32 Å². The van der Waals surface area contributed by atoms with Crippen molar-refractivity contribution >= 4 is 34.2 Å². The molecule has 0 radical (unpaired) electrons. The minimum atomic E-state index is -1.79. The molecular weight excluding hydrogens is 356 g/mol. The van der Waals surface area contributed by atoms with Crippen molar-refractivity contribution < 1.29 is 9.18 Å². The Morgan fingerprint density at radius 2 is 1.89 bits per heavy atom. The summed E-state index contributed by atoms with van der Waals surface area (Å²) in [5.74, 6) is -0.551. The standard InChI is InChI=1S/C15H21FINO/c1-3-4-5-6-11-15(2,16)14(19)18-13-9-7-12(17)8-10-13/h7-10H,3-6,11H2,1-2H3,(H,18,19). The summed E-state index contributed by atoms with van der Waals surface area (Å²) >= 11 is 2.19. The van der Waals surface area contributed by atoms with E-state index in [1.165, 1.54) is 6.92 Å². The first kappa shape index (κ1) is 16.4. The third kappa shape index (κ3) is 5.89. The molecule has 1 atom stereocenters. The second kappa shape index (κ2) is 7.82. The van der Waals surface area contributed by atoms with Crippen LogP contribution in [-0.4, -0.2) is 11.6 Å². The largest absolute Gasteiger partial charge is 0.323 e. The Balaban J connectivity index is 2.48. The molecule has 1 amide bonds. The van der Waals surface area contributed by atoms with Crippen LogP contribution in [0.1, 0.15) is 46.0 Å². The zero-order chi connectivity index (χ0) is 14.3. The highest BCUT2D eigenvalue weighted by Crippen LogP contribution is 2.22. The van der Waals surface area contributed by atoms with E-state index in [0.717, 1.165) is 29.3 Å². The summed E-state index contributed by atoms with van der Waals surface area (Å²) in [5.41, 5.74) is -1.15. The molecule has 1 aromatic carbocycles. The summed E-state index contributed by atoms with van der Waals surface area (Å²) in [5, 5.41) is 2.63. The lowest BCUT2D eigenvalue weighted by atomic mass is 9.98. The Morgan fingerprint density at radius 3 is 2.47 bits per heavy atom. The first-order valence-corrected chi connectivity index (χ1v) is 7.79. The molecule has 106 valence electrons. The van der Waals surface area contributed by atoms with Crippen LogP contribution in [0.3, 0.4) is 0 Å². The third-order valence-electron chi connectivity index (χ3n) is 3.08. The van der Waals surface area contributed by atoms with Gasteiger partial charge in [-0.2, -0.15) is 0 Å². The summed E-state index contributed by atoms with van der Waals surface area (Å²) in [6, 6.07) is 7.33. The van der Waals surface area contributed by atoms with Gasteiger partial charge in [-0.3, -0.25) is 4.79 Å². The van der Waals surface area contributed by atoms with Crippen molar-refractivity contribution in [2.45, 2.75) is 51.6 Å². The molecule has 1 rings (SSSR count). The highest BCUT2D eigenvalue weighted by molar-refractivity contribution is 14.1. The number of carbonyl (C=O) groups is 1. The molecule has 19 heavy (non-hydrogen) atoms. The van der Waals surface area contributed by atoms with Crippen molar-refractivity contribution in [3.8, 4) is 0 Å². The molecule has 0 heterocycles. The Bertz CT molecular complexity index is 403. The van der Waals surface area contributed by atoms with Gasteiger partial charge >= 0.3 is 0 Å². The van der Waals surface area contributed by atoms with Crippen LogP contribution in [0, 0.1) is 3.57 Å². The predicted molar refractivity (Wildman–Crippen MR) is 86.1 cm³/mol. The van der Waals surface area contributed by atoms with E-state index in [2.05, 4.69) is 34.8 Å². The van der Waals surface area contributed by atoms with E-state index in [1.54, 1.807) is 12.1 Å². The first-order valence-electron chi connectivity index (χ1n) is 6.71. The van der Waals surface area contributed by atoms with Gasteiger partial charge in [0, 0.05) is 9.26 Å². The molecule has 0 spiro atoms. The number of carbonyl (C=O) groups excluding carboxylic acids is 1. The highest BCUT2D eigenvalue weighted by Gasteiger charge is 2.32. The van der Waals surface area contributed by atoms with E-state index >= 15 is 0 Å². The SMILES string of the molecule is CCCCCCC(C)(F)C(=O)Nc1ccc(I)cc1. The lowest BCUT2D eigenvalue weighted by Crippen LogP contribution is -2.35. The smallest absolute Gasteiger partial charge is 0.261 e. The normalized spacial score (nSPS) is 13.9. The van der Waals surface area contributed by atoms with Crippen molar-refractivity contribution in [1.29, 1.82) is 0 Å². The molecule has 0 saturated carbocycles. The molecule has 2 nitrogen and oxygen atoms in total. The Hall–Kier alpha value is -0.650. The zero-order valence-electron chi connectivity index (χ0n) is 11.5. The fourth-order valence-electron chi connectivity index (χ4n) is 1.79. The molecule has 4 heteroatoms. The van der Waals surface area contributed by atoms with Crippen LogP contribution in [0.5, 0.6) is 0 Å². The van der Waals surface area contributed by atoms with Crippen molar-refractivity contribution in [2.24, 2.45) is 0 Å². The van der Waals surface area contributed by atoms with E-state index in [1.807, 2.05) is 12.1 Å². The van der Waals surface area contributed by atoms with Crippen LogP contribution < -0.4 is 5.32 Å². The van der Waals surface area contributed by atoms with Crippen molar-refractivity contribution in [3.63, 3.8) is 0 Å². The van der Waals surface area contributed by atoms with Gasteiger partial charge in [0.05, 0.1) is 0 Å². The summed E-state index contributed by atoms with van der Waals surface area (Å²) < 4.78 is 15.3. The maximum atomic E-state index is 14.3. The second-order valence-corrected chi connectivity index (χ2v) is 6.21. The number of alkyl halides is 1. The predicted octanol–water partition coefficient (Wildman–Crippen LogP) is 4.93. The molecule has 1 N–H and O–H groups in total. The van der Waals surface area contributed by atoms with Crippen LogP contribution in [0.4, 0.5) is 10.1 Å². The average Bonchev–Trinajstić information content (AvgIpc) is 2.37. The van der Waals surface area contributed by atoms with Gasteiger partial charge in [-0.1, -0.05) is 26.2 Å². The number of amides is 1. The first-order chi connectivity index (χ1) is 8.95. The van der Waals surface area contributed by atoms with Crippen LogP contribution in [0.15, 0.2) is 24.3 Å². The fourth-order valence-corrected chi connectivity index (χ4v) is 2.15. The zero-order valence-corrected chi connectivity index (χ0v) is 13.7. The Labute approximate surface area is 128 Å². The van der Waals surface area contributed by atoms with E-state index in [0.29, 0.717) is 5.69 Å². The minimum absolute atomic E-state index is 0.281.